The molecule has 2 aliphatic rings. The quantitative estimate of drug-likeness (QED) is 0.791. The number of nitrogens with one attached hydrogen (secondary N) is 1. The van der Waals surface area contributed by atoms with Gasteiger partial charge in [-0.1, -0.05) is 40.2 Å². The molecule has 3 rings (SSSR count). The second-order valence-electron chi connectivity index (χ2n) is 5.86. The minimum absolute atomic E-state index is 0.693. The molecule has 0 amide bonds. The van der Waals surface area contributed by atoms with Gasteiger partial charge in [0.05, 0.1) is 0 Å². The van der Waals surface area contributed by atoms with Crippen LogP contribution in [-0.4, -0.2) is 13.1 Å². The molecule has 1 heterocycles. The van der Waals surface area contributed by atoms with Gasteiger partial charge in [-0.15, -0.1) is 0 Å². The summed E-state index contributed by atoms with van der Waals surface area (Å²) < 4.78 is 1.18. The Morgan fingerprint density at radius 3 is 2.63 bits per heavy atom. The zero-order valence-corrected chi connectivity index (χ0v) is 12.9. The lowest BCUT2D eigenvalue weighted by Gasteiger charge is -2.38. The molecule has 3 unspecified atom stereocenters. The molecule has 1 fully saturated rings. The Morgan fingerprint density at radius 1 is 1.05 bits per heavy atom. The fraction of sp³-hybridized carbons (Fsp3) is 0.529. The number of piperidine rings is 1. The molecular weight excluding hydrogens is 298 g/mol. The number of rotatable bonds is 2. The van der Waals surface area contributed by atoms with Crippen LogP contribution < -0.4 is 5.32 Å². The van der Waals surface area contributed by atoms with Crippen LogP contribution in [-0.2, 0) is 0 Å². The minimum atomic E-state index is 0.693. The van der Waals surface area contributed by atoms with Crippen LogP contribution in [0.15, 0.2) is 40.9 Å². The smallest absolute Gasteiger partial charge is 0.0175 e. The number of hydrogen-bond acceptors (Lipinski definition) is 1. The van der Waals surface area contributed by atoms with E-state index in [1.807, 2.05) is 0 Å². The van der Waals surface area contributed by atoms with E-state index < -0.39 is 0 Å². The molecule has 0 radical (unpaired) electrons. The summed E-state index contributed by atoms with van der Waals surface area (Å²) in [4.78, 5) is 0. The molecule has 1 nitrogen and oxygen atoms in total. The van der Waals surface area contributed by atoms with Gasteiger partial charge in [-0.3, -0.25) is 0 Å². The third-order valence-electron chi connectivity index (χ3n) is 4.75. The first-order valence-electron chi connectivity index (χ1n) is 7.46. The largest absolute Gasteiger partial charge is 0.316 e. The van der Waals surface area contributed by atoms with Crippen molar-refractivity contribution >= 4 is 15.9 Å². The van der Waals surface area contributed by atoms with E-state index >= 15 is 0 Å². The van der Waals surface area contributed by atoms with Crippen molar-refractivity contribution in [1.29, 1.82) is 0 Å². The van der Waals surface area contributed by atoms with Crippen LogP contribution in [0.5, 0.6) is 0 Å². The molecule has 2 heteroatoms. The van der Waals surface area contributed by atoms with E-state index in [1.165, 1.54) is 42.3 Å². The van der Waals surface area contributed by atoms with Crippen molar-refractivity contribution < 1.29 is 0 Å². The lowest BCUT2D eigenvalue weighted by molar-refractivity contribution is 0.211. The molecule has 1 saturated heterocycles. The van der Waals surface area contributed by atoms with Crippen molar-refractivity contribution in [3.63, 3.8) is 0 Å². The maximum absolute atomic E-state index is 3.59. The minimum Gasteiger partial charge on any atom is -0.316 e. The fourth-order valence-corrected chi connectivity index (χ4v) is 3.99. The van der Waals surface area contributed by atoms with Crippen molar-refractivity contribution in [2.24, 2.45) is 11.8 Å². The van der Waals surface area contributed by atoms with Crippen molar-refractivity contribution in [3.05, 3.63) is 46.5 Å². The predicted octanol–water partition coefficient (Wildman–Crippen LogP) is 4.50. The molecule has 102 valence electrons. The molecule has 1 aromatic carbocycles. The zero-order valence-electron chi connectivity index (χ0n) is 11.3. The van der Waals surface area contributed by atoms with Crippen molar-refractivity contribution in [1.82, 2.24) is 5.32 Å². The number of hydrogen-bond donors (Lipinski definition) is 1. The predicted molar refractivity (Wildman–Crippen MR) is 84.3 cm³/mol. The highest BCUT2D eigenvalue weighted by molar-refractivity contribution is 9.10. The van der Waals surface area contributed by atoms with Gasteiger partial charge in [0.15, 0.2) is 0 Å². The maximum Gasteiger partial charge on any atom is 0.0175 e. The molecule has 0 bridgehead atoms. The SMILES string of the molecule is Brc1ccc(C2CNCCC2C2CC=CCC2)cc1. The summed E-state index contributed by atoms with van der Waals surface area (Å²) >= 11 is 3.54. The van der Waals surface area contributed by atoms with E-state index in [0.29, 0.717) is 5.92 Å². The maximum atomic E-state index is 3.59. The first-order valence-corrected chi connectivity index (χ1v) is 8.25. The Hall–Kier alpha value is -0.600. The highest BCUT2D eigenvalue weighted by Crippen LogP contribution is 2.39. The lowest BCUT2D eigenvalue weighted by Crippen LogP contribution is -2.38. The standard InChI is InChI=1S/C17H22BrN/c18-15-8-6-14(7-9-15)17-12-19-11-10-16(17)13-4-2-1-3-5-13/h1-2,6-9,13,16-17,19H,3-5,10-12H2. The van der Waals surface area contributed by atoms with E-state index in [4.69, 9.17) is 0 Å². The molecule has 1 aromatic rings. The number of halogens is 1. The third kappa shape index (κ3) is 3.11. The van der Waals surface area contributed by atoms with Crippen LogP contribution >= 0.6 is 15.9 Å². The lowest BCUT2D eigenvalue weighted by atomic mass is 9.70. The number of allylic oxidation sites excluding steroid dienone is 2. The Kier molecular flexibility index (Phi) is 4.39. The first-order chi connectivity index (χ1) is 9.34. The molecule has 1 aliphatic carbocycles. The van der Waals surface area contributed by atoms with Crippen LogP contribution in [0, 0.1) is 11.8 Å². The Morgan fingerprint density at radius 2 is 1.89 bits per heavy atom. The van der Waals surface area contributed by atoms with Crippen molar-refractivity contribution in [2.45, 2.75) is 31.6 Å². The molecular formula is C17H22BrN. The van der Waals surface area contributed by atoms with E-state index in [-0.39, 0.29) is 0 Å². The van der Waals surface area contributed by atoms with Crippen molar-refractivity contribution in [2.75, 3.05) is 13.1 Å². The van der Waals surface area contributed by atoms with Gasteiger partial charge in [0, 0.05) is 11.0 Å². The third-order valence-corrected chi connectivity index (χ3v) is 5.28. The van der Waals surface area contributed by atoms with E-state index in [9.17, 15) is 0 Å². The topological polar surface area (TPSA) is 12.0 Å². The molecule has 0 aromatic heterocycles. The van der Waals surface area contributed by atoms with E-state index in [2.05, 4.69) is 57.7 Å². The average molecular weight is 320 g/mol. The van der Waals surface area contributed by atoms with Gasteiger partial charge >= 0.3 is 0 Å². The van der Waals surface area contributed by atoms with Crippen LogP contribution in [0.25, 0.3) is 0 Å². The highest BCUT2D eigenvalue weighted by atomic mass is 79.9. The molecule has 0 spiro atoms. The Balaban J connectivity index is 1.80. The van der Waals surface area contributed by atoms with Crippen LogP contribution in [0.2, 0.25) is 0 Å². The van der Waals surface area contributed by atoms with Gasteiger partial charge in [0.25, 0.3) is 0 Å². The summed E-state index contributed by atoms with van der Waals surface area (Å²) in [7, 11) is 0. The summed E-state index contributed by atoms with van der Waals surface area (Å²) in [5.74, 6) is 2.44. The fourth-order valence-electron chi connectivity index (χ4n) is 3.72. The molecule has 0 saturated carbocycles. The van der Waals surface area contributed by atoms with Gasteiger partial charge in [-0.2, -0.15) is 0 Å². The van der Waals surface area contributed by atoms with Crippen molar-refractivity contribution in [3.8, 4) is 0 Å². The van der Waals surface area contributed by atoms with Crippen LogP contribution in [0.3, 0.4) is 0 Å². The zero-order chi connectivity index (χ0) is 13.1. The normalized spacial score (nSPS) is 31.3. The van der Waals surface area contributed by atoms with Gasteiger partial charge in [0.1, 0.15) is 0 Å². The first kappa shape index (κ1) is 13.4. The Bertz CT molecular complexity index is 437. The average Bonchev–Trinajstić information content (AvgIpc) is 2.49. The molecule has 19 heavy (non-hydrogen) atoms. The summed E-state index contributed by atoms with van der Waals surface area (Å²) in [6.07, 6.45) is 10.0. The summed E-state index contributed by atoms with van der Waals surface area (Å²) in [6, 6.07) is 8.96. The molecule has 1 aliphatic heterocycles. The highest BCUT2D eigenvalue weighted by Gasteiger charge is 2.32. The Labute approximate surface area is 124 Å². The summed E-state index contributed by atoms with van der Waals surface area (Å²) in [6.45, 7) is 2.34. The molecule has 3 atom stereocenters. The molecule has 1 N–H and O–H groups in total. The van der Waals surface area contributed by atoms with Gasteiger partial charge in [-0.25, -0.2) is 0 Å². The van der Waals surface area contributed by atoms with E-state index in [0.717, 1.165) is 18.4 Å². The van der Waals surface area contributed by atoms with Gasteiger partial charge < -0.3 is 5.32 Å². The van der Waals surface area contributed by atoms with Crippen LogP contribution in [0.1, 0.15) is 37.2 Å². The summed E-state index contributed by atoms with van der Waals surface area (Å²) in [5, 5.41) is 3.59. The van der Waals surface area contributed by atoms with Gasteiger partial charge in [-0.05, 0) is 67.7 Å². The number of benzene rings is 1. The summed E-state index contributed by atoms with van der Waals surface area (Å²) in [5.41, 5.74) is 1.51. The second kappa shape index (κ2) is 6.23. The van der Waals surface area contributed by atoms with Crippen LogP contribution in [0.4, 0.5) is 0 Å². The van der Waals surface area contributed by atoms with E-state index in [1.54, 1.807) is 0 Å². The second-order valence-corrected chi connectivity index (χ2v) is 6.77. The monoisotopic (exact) mass is 319 g/mol. The van der Waals surface area contributed by atoms with Gasteiger partial charge in [0.2, 0.25) is 0 Å².